The quantitative estimate of drug-likeness (QED) is 0.473. The molecule has 0 radical (unpaired) electrons. The number of nitrogens with one attached hydrogen (secondary N) is 3. The van der Waals surface area contributed by atoms with Crippen LogP contribution >= 0.6 is 11.6 Å². The first-order valence-corrected chi connectivity index (χ1v) is 10.2. The molecule has 0 spiro atoms. The number of benzene rings is 2. The van der Waals surface area contributed by atoms with Crippen molar-refractivity contribution in [2.45, 2.75) is 37.4 Å². The van der Waals surface area contributed by atoms with Gasteiger partial charge in [-0.2, -0.15) is 0 Å². The van der Waals surface area contributed by atoms with Gasteiger partial charge in [0.25, 0.3) is 0 Å². The van der Waals surface area contributed by atoms with Crippen molar-refractivity contribution in [3.8, 4) is 0 Å². The summed E-state index contributed by atoms with van der Waals surface area (Å²) >= 11 is 5.85. The van der Waals surface area contributed by atoms with Crippen LogP contribution in [0.15, 0.2) is 54.6 Å². The highest BCUT2D eigenvalue weighted by Gasteiger charge is 2.35. The van der Waals surface area contributed by atoms with Gasteiger partial charge in [0.2, 0.25) is 23.6 Å². The molecule has 1 aliphatic heterocycles. The van der Waals surface area contributed by atoms with Gasteiger partial charge in [0, 0.05) is 17.9 Å². The fraction of sp³-hybridized carbons (Fsp3) is 0.273. The first-order valence-electron chi connectivity index (χ1n) is 9.79. The van der Waals surface area contributed by atoms with Crippen LogP contribution in [0.1, 0.15) is 17.5 Å². The fourth-order valence-corrected chi connectivity index (χ4v) is 3.46. The molecule has 162 valence electrons. The molecule has 1 fully saturated rings. The van der Waals surface area contributed by atoms with Gasteiger partial charge in [-0.1, -0.05) is 54.1 Å². The van der Waals surface area contributed by atoms with Crippen LogP contribution in [0.2, 0.25) is 5.02 Å². The second kappa shape index (κ2) is 10.1. The number of rotatable bonds is 8. The second-order valence-corrected chi connectivity index (χ2v) is 7.81. The minimum Gasteiger partial charge on any atom is -0.368 e. The first kappa shape index (κ1) is 22.3. The normalized spacial score (nSPS) is 19.1. The summed E-state index contributed by atoms with van der Waals surface area (Å²) < 4.78 is 0. The number of nitrogens with two attached hydrogens (primary N) is 1. The lowest BCUT2D eigenvalue weighted by atomic mass is 10.0. The monoisotopic (exact) mass is 442 g/mol. The predicted molar refractivity (Wildman–Crippen MR) is 115 cm³/mol. The summed E-state index contributed by atoms with van der Waals surface area (Å²) in [6.07, 6.45) is 0.225. The third kappa shape index (κ3) is 6.29. The lowest BCUT2D eigenvalue weighted by Gasteiger charge is -2.29. The Hall–Kier alpha value is -3.39. The maximum atomic E-state index is 12.4. The second-order valence-electron chi connectivity index (χ2n) is 7.37. The molecule has 8 nitrogen and oxygen atoms in total. The Labute approximate surface area is 184 Å². The summed E-state index contributed by atoms with van der Waals surface area (Å²) in [5.74, 6) is -2.10. The molecule has 9 heteroatoms. The van der Waals surface area contributed by atoms with Gasteiger partial charge >= 0.3 is 0 Å². The Morgan fingerprint density at radius 2 is 1.55 bits per heavy atom. The smallest absolute Gasteiger partial charge is 0.243 e. The van der Waals surface area contributed by atoms with Gasteiger partial charge in [-0.25, -0.2) is 0 Å². The van der Waals surface area contributed by atoms with Crippen LogP contribution in [0.4, 0.5) is 0 Å². The van der Waals surface area contributed by atoms with Crippen molar-refractivity contribution >= 4 is 35.2 Å². The molecule has 31 heavy (non-hydrogen) atoms. The van der Waals surface area contributed by atoms with E-state index < -0.39 is 35.8 Å². The van der Waals surface area contributed by atoms with Crippen LogP contribution in [-0.2, 0) is 32.0 Å². The van der Waals surface area contributed by atoms with Crippen LogP contribution in [0.3, 0.4) is 0 Å². The summed E-state index contributed by atoms with van der Waals surface area (Å²) in [5.41, 5.74) is 7.08. The van der Waals surface area contributed by atoms with E-state index >= 15 is 0 Å². The van der Waals surface area contributed by atoms with Gasteiger partial charge in [0.15, 0.2) is 0 Å². The molecule has 0 saturated carbocycles. The van der Waals surface area contributed by atoms with Crippen molar-refractivity contribution < 1.29 is 19.2 Å². The highest BCUT2D eigenvalue weighted by atomic mass is 35.5. The molecule has 1 saturated heterocycles. The summed E-state index contributed by atoms with van der Waals surface area (Å²) in [6.45, 7) is 0. The molecule has 0 aliphatic carbocycles. The highest BCUT2D eigenvalue weighted by Crippen LogP contribution is 2.12. The summed E-state index contributed by atoms with van der Waals surface area (Å²) in [7, 11) is 0. The van der Waals surface area contributed by atoms with E-state index in [1.165, 1.54) is 0 Å². The van der Waals surface area contributed by atoms with E-state index in [4.69, 9.17) is 17.3 Å². The molecule has 1 aliphatic rings. The molecular weight excluding hydrogens is 420 g/mol. The lowest BCUT2D eigenvalue weighted by molar-refractivity contribution is -0.138. The van der Waals surface area contributed by atoms with E-state index in [2.05, 4.69) is 16.0 Å². The average Bonchev–Trinajstić information content (AvgIpc) is 2.73. The third-order valence-corrected chi connectivity index (χ3v) is 5.22. The number of carbonyl (C=O) groups is 4. The topological polar surface area (TPSA) is 130 Å². The van der Waals surface area contributed by atoms with Crippen LogP contribution in [0.5, 0.6) is 0 Å². The Bertz CT molecular complexity index is 965. The number of hydrogen-bond donors (Lipinski definition) is 4. The van der Waals surface area contributed by atoms with Gasteiger partial charge in [-0.05, 0) is 23.3 Å². The van der Waals surface area contributed by atoms with Gasteiger partial charge < -0.3 is 21.7 Å². The first-order chi connectivity index (χ1) is 14.8. The van der Waals surface area contributed by atoms with Crippen LogP contribution < -0.4 is 21.7 Å². The van der Waals surface area contributed by atoms with Gasteiger partial charge in [0.05, 0.1) is 6.42 Å². The molecular formula is C22H23ClN4O4. The Morgan fingerprint density at radius 3 is 2.19 bits per heavy atom. The Balaban J connectivity index is 1.55. The molecule has 5 N–H and O–H groups in total. The molecule has 2 aromatic carbocycles. The molecule has 2 aromatic rings. The molecule has 0 aromatic heterocycles. The fourth-order valence-electron chi connectivity index (χ4n) is 3.33. The van der Waals surface area contributed by atoms with Crippen molar-refractivity contribution in [3.63, 3.8) is 0 Å². The number of hydrogen-bond acceptors (Lipinski definition) is 4. The van der Waals surface area contributed by atoms with Crippen LogP contribution in [-0.4, -0.2) is 41.8 Å². The van der Waals surface area contributed by atoms with Crippen molar-refractivity contribution in [1.29, 1.82) is 0 Å². The molecule has 0 unspecified atom stereocenters. The number of amides is 4. The molecule has 3 rings (SSSR count). The minimum atomic E-state index is -1.02. The van der Waals surface area contributed by atoms with E-state index in [0.717, 1.165) is 11.1 Å². The highest BCUT2D eigenvalue weighted by molar-refractivity contribution is 6.30. The van der Waals surface area contributed by atoms with Crippen LogP contribution in [0, 0.1) is 0 Å². The molecule has 0 bridgehead atoms. The molecule has 3 atom stereocenters. The Morgan fingerprint density at radius 1 is 0.935 bits per heavy atom. The van der Waals surface area contributed by atoms with Gasteiger partial charge in [-0.15, -0.1) is 0 Å². The average molecular weight is 443 g/mol. The van der Waals surface area contributed by atoms with Crippen molar-refractivity contribution in [1.82, 2.24) is 16.0 Å². The minimum absolute atomic E-state index is 0.181. The zero-order valence-corrected chi connectivity index (χ0v) is 17.4. The van der Waals surface area contributed by atoms with E-state index in [-0.39, 0.29) is 18.7 Å². The third-order valence-electron chi connectivity index (χ3n) is 4.97. The van der Waals surface area contributed by atoms with Gasteiger partial charge in [-0.3, -0.25) is 19.2 Å². The zero-order valence-electron chi connectivity index (χ0n) is 16.6. The summed E-state index contributed by atoms with van der Waals surface area (Å²) in [4.78, 5) is 49.0. The number of primary amides is 1. The molecule has 1 heterocycles. The maximum absolute atomic E-state index is 12.4. The predicted octanol–water partition coefficient (Wildman–Crippen LogP) is 0.469. The number of carbonyl (C=O) groups excluding carboxylic acids is 4. The van der Waals surface area contributed by atoms with Crippen molar-refractivity contribution in [2.75, 3.05) is 0 Å². The number of halogens is 1. The number of piperazine rings is 1. The van der Waals surface area contributed by atoms with E-state index in [0.29, 0.717) is 11.4 Å². The van der Waals surface area contributed by atoms with E-state index in [1.54, 1.807) is 24.3 Å². The lowest BCUT2D eigenvalue weighted by Crippen LogP contribution is -2.63. The Kier molecular flexibility index (Phi) is 7.25. The molecule has 4 amide bonds. The van der Waals surface area contributed by atoms with Gasteiger partial charge in [0.1, 0.15) is 18.1 Å². The van der Waals surface area contributed by atoms with E-state index in [1.807, 2.05) is 30.3 Å². The van der Waals surface area contributed by atoms with Crippen molar-refractivity contribution in [2.24, 2.45) is 5.73 Å². The summed E-state index contributed by atoms with van der Waals surface area (Å²) in [6, 6.07) is 13.4. The zero-order chi connectivity index (χ0) is 22.4. The van der Waals surface area contributed by atoms with E-state index in [9.17, 15) is 19.2 Å². The largest absolute Gasteiger partial charge is 0.368 e. The summed E-state index contributed by atoms with van der Waals surface area (Å²) in [5, 5.41) is 8.32. The maximum Gasteiger partial charge on any atom is 0.243 e. The SMILES string of the molecule is NC(=O)[C@H](Cc1ccc(Cl)cc1)NC(=O)C[C@@H]1NC(=O)[C@H](Cc2ccccc2)NC1=O. The van der Waals surface area contributed by atoms with Crippen LogP contribution in [0.25, 0.3) is 0 Å². The van der Waals surface area contributed by atoms with Crippen molar-refractivity contribution in [3.05, 3.63) is 70.7 Å². The standard InChI is InChI=1S/C22H23ClN4O4/c23-15-8-6-14(7-9-15)10-16(20(24)29)25-19(28)12-18-22(31)26-17(21(30)27-18)11-13-4-2-1-3-5-13/h1-9,16-18H,10-12H2,(H2,24,29)(H,25,28)(H,26,31)(H,27,30)/t16-,17-,18-/m0/s1.